The fraction of sp³-hybridized carbons (Fsp3) is 0.381. The van der Waals surface area contributed by atoms with Gasteiger partial charge in [-0.05, 0) is 44.6 Å². The standard InChI is InChI=1S/C21H30N4/c1-5-22-21(24-17(2)20-12-7-6-8-13-20)23-15-18-10-9-11-19(14-18)16-25(3)4/h6-14,17H,5,15-16H2,1-4H3,(H2,22,23,24). The average molecular weight is 338 g/mol. The number of aliphatic imine (C=N–C) groups is 1. The zero-order valence-corrected chi connectivity index (χ0v) is 15.8. The highest BCUT2D eigenvalue weighted by Gasteiger charge is 2.07. The Bertz CT molecular complexity index is 665. The van der Waals surface area contributed by atoms with Gasteiger partial charge < -0.3 is 15.5 Å². The van der Waals surface area contributed by atoms with Gasteiger partial charge in [0.15, 0.2) is 5.96 Å². The van der Waals surface area contributed by atoms with Gasteiger partial charge in [-0.15, -0.1) is 0 Å². The molecule has 0 amide bonds. The molecular formula is C21H30N4. The van der Waals surface area contributed by atoms with Crippen LogP contribution in [0.5, 0.6) is 0 Å². The second-order valence-electron chi connectivity index (χ2n) is 6.53. The Kier molecular flexibility index (Phi) is 7.48. The quantitative estimate of drug-likeness (QED) is 0.599. The van der Waals surface area contributed by atoms with E-state index in [0.717, 1.165) is 19.0 Å². The smallest absolute Gasteiger partial charge is 0.192 e. The lowest BCUT2D eigenvalue weighted by molar-refractivity contribution is 0.402. The molecule has 0 saturated heterocycles. The fourth-order valence-electron chi connectivity index (χ4n) is 2.71. The maximum atomic E-state index is 4.75. The summed E-state index contributed by atoms with van der Waals surface area (Å²) < 4.78 is 0. The van der Waals surface area contributed by atoms with Crippen LogP contribution in [0.4, 0.5) is 0 Å². The van der Waals surface area contributed by atoms with Crippen LogP contribution in [0.2, 0.25) is 0 Å². The van der Waals surface area contributed by atoms with Gasteiger partial charge in [0.1, 0.15) is 0 Å². The Morgan fingerprint density at radius 2 is 1.76 bits per heavy atom. The van der Waals surface area contributed by atoms with Crippen molar-refractivity contribution in [1.29, 1.82) is 0 Å². The van der Waals surface area contributed by atoms with Crippen LogP contribution in [-0.2, 0) is 13.1 Å². The maximum Gasteiger partial charge on any atom is 0.192 e. The van der Waals surface area contributed by atoms with E-state index in [-0.39, 0.29) is 6.04 Å². The molecule has 25 heavy (non-hydrogen) atoms. The molecule has 1 unspecified atom stereocenters. The Morgan fingerprint density at radius 3 is 2.44 bits per heavy atom. The van der Waals surface area contributed by atoms with Gasteiger partial charge in [0.25, 0.3) is 0 Å². The zero-order chi connectivity index (χ0) is 18.1. The summed E-state index contributed by atoms with van der Waals surface area (Å²) in [7, 11) is 4.17. The monoisotopic (exact) mass is 338 g/mol. The molecule has 2 aromatic rings. The van der Waals surface area contributed by atoms with Crippen LogP contribution in [0.15, 0.2) is 59.6 Å². The van der Waals surface area contributed by atoms with Crippen molar-refractivity contribution >= 4 is 5.96 Å². The van der Waals surface area contributed by atoms with Gasteiger partial charge in [0.2, 0.25) is 0 Å². The van der Waals surface area contributed by atoms with Gasteiger partial charge >= 0.3 is 0 Å². The summed E-state index contributed by atoms with van der Waals surface area (Å²) in [4.78, 5) is 6.93. The number of guanidine groups is 1. The Morgan fingerprint density at radius 1 is 1.04 bits per heavy atom. The van der Waals surface area contributed by atoms with Crippen molar-refractivity contribution in [3.8, 4) is 0 Å². The molecule has 0 spiro atoms. The predicted molar refractivity (Wildman–Crippen MR) is 107 cm³/mol. The van der Waals surface area contributed by atoms with Crippen LogP contribution < -0.4 is 10.6 Å². The summed E-state index contributed by atoms with van der Waals surface area (Å²) in [6, 6.07) is 19.3. The van der Waals surface area contributed by atoms with Crippen molar-refractivity contribution in [1.82, 2.24) is 15.5 Å². The molecule has 0 aliphatic heterocycles. The fourth-order valence-corrected chi connectivity index (χ4v) is 2.71. The SMILES string of the molecule is CCNC(=NCc1cccc(CN(C)C)c1)NC(C)c1ccccc1. The van der Waals surface area contributed by atoms with Gasteiger partial charge in [-0.3, -0.25) is 0 Å². The number of rotatable bonds is 7. The highest BCUT2D eigenvalue weighted by Crippen LogP contribution is 2.11. The highest BCUT2D eigenvalue weighted by atomic mass is 15.2. The predicted octanol–water partition coefficient (Wildman–Crippen LogP) is 3.56. The van der Waals surface area contributed by atoms with Crippen LogP contribution in [-0.4, -0.2) is 31.5 Å². The van der Waals surface area contributed by atoms with Gasteiger partial charge in [-0.1, -0.05) is 54.6 Å². The summed E-state index contributed by atoms with van der Waals surface area (Å²) in [6.45, 7) is 6.69. The molecule has 0 aliphatic rings. The van der Waals surface area contributed by atoms with Crippen LogP contribution in [0.3, 0.4) is 0 Å². The lowest BCUT2D eigenvalue weighted by Gasteiger charge is -2.18. The van der Waals surface area contributed by atoms with E-state index in [2.05, 4.69) is 92.0 Å². The molecule has 0 aliphatic carbocycles. The van der Waals surface area contributed by atoms with E-state index in [1.165, 1.54) is 16.7 Å². The Hall–Kier alpha value is -2.33. The van der Waals surface area contributed by atoms with Crippen LogP contribution in [0.1, 0.15) is 36.6 Å². The van der Waals surface area contributed by atoms with Crippen molar-refractivity contribution in [2.75, 3.05) is 20.6 Å². The number of hydrogen-bond acceptors (Lipinski definition) is 2. The first kappa shape index (κ1) is 19.0. The van der Waals surface area contributed by atoms with Gasteiger partial charge in [0, 0.05) is 13.1 Å². The third-order valence-electron chi connectivity index (χ3n) is 3.91. The minimum Gasteiger partial charge on any atom is -0.357 e. The van der Waals surface area contributed by atoms with Crippen molar-refractivity contribution in [3.63, 3.8) is 0 Å². The van der Waals surface area contributed by atoms with E-state index in [0.29, 0.717) is 6.54 Å². The largest absolute Gasteiger partial charge is 0.357 e. The summed E-state index contributed by atoms with van der Waals surface area (Å²) >= 11 is 0. The maximum absolute atomic E-state index is 4.75. The lowest BCUT2D eigenvalue weighted by atomic mass is 10.1. The van der Waals surface area contributed by atoms with E-state index in [4.69, 9.17) is 4.99 Å². The number of nitrogens with one attached hydrogen (secondary N) is 2. The second kappa shape index (κ2) is 9.84. The highest BCUT2D eigenvalue weighted by molar-refractivity contribution is 5.80. The molecule has 0 heterocycles. The van der Waals surface area contributed by atoms with Gasteiger partial charge in [-0.25, -0.2) is 4.99 Å². The molecule has 0 bridgehead atoms. The molecule has 4 nitrogen and oxygen atoms in total. The van der Waals surface area contributed by atoms with E-state index in [1.807, 2.05) is 6.07 Å². The molecule has 0 saturated carbocycles. The first-order valence-electron chi connectivity index (χ1n) is 8.91. The third kappa shape index (κ3) is 6.59. The Labute approximate surface area is 152 Å². The molecule has 0 aromatic heterocycles. The summed E-state index contributed by atoms with van der Waals surface area (Å²) in [5.74, 6) is 0.844. The number of benzene rings is 2. The molecule has 1 atom stereocenters. The van der Waals surface area contributed by atoms with Crippen molar-refractivity contribution in [3.05, 3.63) is 71.3 Å². The van der Waals surface area contributed by atoms with E-state index in [1.54, 1.807) is 0 Å². The van der Waals surface area contributed by atoms with E-state index < -0.39 is 0 Å². The average Bonchev–Trinajstić information content (AvgIpc) is 2.60. The summed E-state index contributed by atoms with van der Waals surface area (Å²) in [6.07, 6.45) is 0. The zero-order valence-electron chi connectivity index (χ0n) is 15.8. The second-order valence-corrected chi connectivity index (χ2v) is 6.53. The molecular weight excluding hydrogens is 308 g/mol. The third-order valence-corrected chi connectivity index (χ3v) is 3.91. The van der Waals surface area contributed by atoms with Gasteiger partial charge in [0.05, 0.1) is 12.6 Å². The molecule has 134 valence electrons. The minimum atomic E-state index is 0.207. The van der Waals surface area contributed by atoms with Crippen LogP contribution in [0.25, 0.3) is 0 Å². The topological polar surface area (TPSA) is 39.7 Å². The first-order valence-corrected chi connectivity index (χ1v) is 8.91. The van der Waals surface area contributed by atoms with Crippen LogP contribution in [0, 0.1) is 0 Å². The molecule has 0 fully saturated rings. The van der Waals surface area contributed by atoms with Crippen molar-refractivity contribution < 1.29 is 0 Å². The van der Waals surface area contributed by atoms with Crippen molar-refractivity contribution in [2.45, 2.75) is 33.0 Å². The first-order chi connectivity index (χ1) is 12.1. The molecule has 2 rings (SSSR count). The number of nitrogens with zero attached hydrogens (tertiary/aromatic N) is 2. The molecule has 2 N–H and O–H groups in total. The van der Waals surface area contributed by atoms with E-state index >= 15 is 0 Å². The Balaban J connectivity index is 2.04. The summed E-state index contributed by atoms with van der Waals surface area (Å²) in [5.41, 5.74) is 3.79. The normalized spacial score (nSPS) is 12.9. The van der Waals surface area contributed by atoms with Gasteiger partial charge in [-0.2, -0.15) is 0 Å². The van der Waals surface area contributed by atoms with Crippen molar-refractivity contribution in [2.24, 2.45) is 4.99 Å². The lowest BCUT2D eigenvalue weighted by Crippen LogP contribution is -2.38. The van der Waals surface area contributed by atoms with Crippen LogP contribution >= 0.6 is 0 Å². The number of hydrogen-bond donors (Lipinski definition) is 2. The minimum absolute atomic E-state index is 0.207. The van der Waals surface area contributed by atoms with E-state index in [9.17, 15) is 0 Å². The molecule has 2 aromatic carbocycles. The summed E-state index contributed by atoms with van der Waals surface area (Å²) in [5, 5.41) is 6.81. The molecule has 4 heteroatoms. The molecule has 0 radical (unpaired) electrons.